The predicted molar refractivity (Wildman–Crippen MR) is 17.1 cm³/mol. The second kappa shape index (κ2) is 30.3. The minimum absolute atomic E-state index is 0. The van der Waals surface area contributed by atoms with Crippen LogP contribution in [0.2, 0.25) is 0 Å². The smallest absolute Gasteiger partial charge is 1.00 e. The standard InChI is InChI=1S/Ca.Ce.Fe.K.Mg.Mo.5H/q+2;;;+1;+2;;5*-1. The molecule has 6 heteroatoms. The van der Waals surface area contributed by atoms with E-state index in [-0.39, 0.29) is 199 Å². The third-order valence-corrected chi connectivity index (χ3v) is 0. The van der Waals surface area contributed by atoms with E-state index < -0.39 is 0 Å². The minimum atomic E-state index is 0. The van der Waals surface area contributed by atoms with E-state index in [4.69, 9.17) is 0 Å². The van der Waals surface area contributed by atoms with Gasteiger partial charge in [0, 0.05) is 79.9 Å². The summed E-state index contributed by atoms with van der Waals surface area (Å²) in [5.74, 6) is 0. The van der Waals surface area contributed by atoms with Gasteiger partial charge in [-0.05, 0) is 0 Å². The molecule has 0 bridgehead atoms. The summed E-state index contributed by atoms with van der Waals surface area (Å²) in [6.45, 7) is 0. The van der Waals surface area contributed by atoms with Crippen molar-refractivity contribution >= 4 is 60.8 Å². The summed E-state index contributed by atoms with van der Waals surface area (Å²) >= 11 is 0. The molecule has 0 rings (SSSR count). The molecule has 0 aliphatic rings. The van der Waals surface area contributed by atoms with Crippen LogP contribution in [0.25, 0.3) is 0 Å². The van der Waals surface area contributed by atoms with Crippen molar-refractivity contribution in [1.82, 2.24) is 0 Å². The van der Waals surface area contributed by atoms with Crippen LogP contribution in [-0.4, -0.2) is 60.8 Å². The van der Waals surface area contributed by atoms with Gasteiger partial charge in [0.15, 0.2) is 0 Å². The van der Waals surface area contributed by atoms with Gasteiger partial charge >= 0.3 is 112 Å². The van der Waals surface area contributed by atoms with Crippen LogP contribution in [-0.2, 0) is 38.1 Å². The summed E-state index contributed by atoms with van der Waals surface area (Å²) in [6.07, 6.45) is 0. The fourth-order valence-electron chi connectivity index (χ4n) is 0. The molecule has 0 nitrogen and oxygen atoms in total. The zero-order valence-electron chi connectivity index (χ0n) is 8.68. The van der Waals surface area contributed by atoms with E-state index in [9.17, 15) is 0 Å². The van der Waals surface area contributed by atoms with Crippen LogP contribution in [0.5, 0.6) is 0 Å². The van der Waals surface area contributed by atoms with Gasteiger partial charge in [0.25, 0.3) is 0 Å². The van der Waals surface area contributed by atoms with Crippen molar-refractivity contribution in [3.05, 3.63) is 0 Å². The molecule has 0 amide bonds. The Morgan fingerprint density at radius 1 is 1.17 bits per heavy atom. The van der Waals surface area contributed by atoms with Gasteiger partial charge in [0.2, 0.25) is 0 Å². The topological polar surface area (TPSA) is 0 Å². The van der Waals surface area contributed by atoms with Crippen LogP contribution in [0.3, 0.4) is 0 Å². The Bertz CT molecular complexity index is 26.4. The van der Waals surface area contributed by atoms with Crippen molar-refractivity contribution in [2.45, 2.75) is 0 Å². The summed E-state index contributed by atoms with van der Waals surface area (Å²) in [5, 5.41) is 0. The van der Waals surface area contributed by atoms with Crippen molar-refractivity contribution < 1.29 is 138 Å². The normalized spacial score (nSPS) is 0. The van der Waals surface area contributed by atoms with E-state index in [1.807, 2.05) is 0 Å². The van der Waals surface area contributed by atoms with Gasteiger partial charge in [-0.25, -0.2) is 0 Å². The van der Waals surface area contributed by atoms with E-state index in [2.05, 4.69) is 0 Å². The van der Waals surface area contributed by atoms with Gasteiger partial charge in [-0.15, -0.1) is 0 Å². The minimum Gasteiger partial charge on any atom is -1.00 e. The molecule has 6 heavy (non-hydrogen) atoms. The first kappa shape index (κ1) is 39.7. The zero-order valence-corrected chi connectivity index (χ0v) is 16.7. The number of hydrogen-bond acceptors (Lipinski definition) is 0. The molecule has 0 aliphatic carbocycles. The van der Waals surface area contributed by atoms with E-state index in [0.29, 0.717) is 0 Å². The third kappa shape index (κ3) is 22.5. The maximum Gasteiger partial charge on any atom is 2.00 e. The SMILES string of the molecule is [Ca+2].[Ce].[Fe].[H-].[H-].[H-].[H-].[H-].[K+].[Mg+2].[Mo]. The summed E-state index contributed by atoms with van der Waals surface area (Å²) in [6, 6.07) is 0. The molecule has 0 spiro atoms. The Labute approximate surface area is 193 Å². The second-order valence-corrected chi connectivity index (χ2v) is 0. The van der Waals surface area contributed by atoms with Crippen molar-refractivity contribution in [2.75, 3.05) is 0 Å². The van der Waals surface area contributed by atoms with Gasteiger partial charge in [-0.3, -0.25) is 0 Å². The van der Waals surface area contributed by atoms with E-state index in [1.165, 1.54) is 0 Å². The van der Waals surface area contributed by atoms with Crippen LogP contribution < -0.4 is 51.4 Å². The molecule has 0 aliphatic heterocycles. The molecule has 0 saturated carbocycles. The molecule has 0 unspecified atom stereocenters. The van der Waals surface area contributed by atoms with Gasteiger partial charge in [-0.2, -0.15) is 0 Å². The Balaban J connectivity index is 0. The van der Waals surface area contributed by atoms with Gasteiger partial charge in [0.05, 0.1) is 0 Å². The largest absolute Gasteiger partial charge is 2.00 e. The summed E-state index contributed by atoms with van der Waals surface area (Å²) in [5.41, 5.74) is 0. The molecular formula is H5CaCeFeKMgMo. The Morgan fingerprint density at radius 2 is 1.17 bits per heavy atom. The number of hydrogen-bond donors (Lipinski definition) is 0. The Hall–Kier alpha value is 6.25. The molecule has 0 saturated heterocycles. The molecule has 0 atom stereocenters. The molecule has 0 aromatic carbocycles. The van der Waals surface area contributed by atoms with Crippen LogP contribution in [0.4, 0.5) is 0 Å². The molecule has 0 N–H and O–H groups in total. The molecule has 28 valence electrons. The fraction of sp³-hybridized carbons (Fsp3) is 0. The maximum absolute atomic E-state index is 0. The van der Waals surface area contributed by atoms with Gasteiger partial charge in [0.1, 0.15) is 0 Å². The van der Waals surface area contributed by atoms with E-state index in [1.54, 1.807) is 0 Å². The van der Waals surface area contributed by atoms with Crippen LogP contribution in [0, 0.1) is 41.7 Å². The summed E-state index contributed by atoms with van der Waals surface area (Å²) in [4.78, 5) is 0. The van der Waals surface area contributed by atoms with Gasteiger partial charge < -0.3 is 7.13 Å². The molecule has 0 aromatic rings. The predicted octanol–water partition coefficient (Wildman–Crippen LogP) is -3.20. The first-order chi connectivity index (χ1) is 0. The zero-order chi connectivity index (χ0) is 0. The van der Waals surface area contributed by atoms with Crippen LogP contribution in [0.1, 0.15) is 7.13 Å². The van der Waals surface area contributed by atoms with Crippen molar-refractivity contribution in [1.29, 1.82) is 0 Å². The van der Waals surface area contributed by atoms with Crippen molar-refractivity contribution in [3.63, 3.8) is 0 Å². The fourth-order valence-corrected chi connectivity index (χ4v) is 0. The van der Waals surface area contributed by atoms with Crippen LogP contribution in [0.15, 0.2) is 0 Å². The van der Waals surface area contributed by atoms with Crippen LogP contribution >= 0.6 is 0 Å². The summed E-state index contributed by atoms with van der Waals surface area (Å²) < 4.78 is 0. The Kier molecular flexibility index (Phi) is 200. The average Bonchev–Trinajstić information content (AvgIpc) is 0. The Morgan fingerprint density at radius 3 is 1.17 bits per heavy atom. The van der Waals surface area contributed by atoms with Crippen molar-refractivity contribution in [2.24, 2.45) is 0 Å². The molecular weight excluding hydrogens is 395 g/mol. The third-order valence-electron chi connectivity index (χ3n) is 0. The second-order valence-electron chi connectivity index (χ2n) is 0. The molecule has 0 radical (unpaired) electrons. The van der Waals surface area contributed by atoms with E-state index >= 15 is 0 Å². The molecule has 0 fully saturated rings. The molecule has 0 heterocycles. The van der Waals surface area contributed by atoms with Gasteiger partial charge in [-0.1, -0.05) is 0 Å². The van der Waals surface area contributed by atoms with Crippen molar-refractivity contribution in [3.8, 4) is 0 Å². The quantitative estimate of drug-likeness (QED) is 0.376. The average molecular weight is 400 g/mol. The monoisotopic (exact) mass is 402 g/mol. The van der Waals surface area contributed by atoms with E-state index in [0.717, 1.165) is 0 Å². The first-order valence-electron chi connectivity index (χ1n) is 0. The summed E-state index contributed by atoms with van der Waals surface area (Å²) in [7, 11) is 0. The first-order valence-corrected chi connectivity index (χ1v) is 0. The maximum atomic E-state index is 0. The number of rotatable bonds is 0. The molecule has 0 aromatic heterocycles.